The van der Waals surface area contributed by atoms with Gasteiger partial charge in [-0.2, -0.15) is 5.10 Å². The Morgan fingerprint density at radius 1 is 1.20 bits per heavy atom. The zero-order valence-corrected chi connectivity index (χ0v) is 15.1. The number of benzene rings is 1. The van der Waals surface area contributed by atoms with Gasteiger partial charge in [0, 0.05) is 45.3 Å². The molecule has 2 heterocycles. The van der Waals surface area contributed by atoms with Crippen LogP contribution in [0.25, 0.3) is 5.69 Å². The van der Waals surface area contributed by atoms with Gasteiger partial charge in [-0.1, -0.05) is 17.7 Å². The number of hydrogen-bond donors (Lipinski definition) is 1. The molecule has 25 heavy (non-hydrogen) atoms. The minimum Gasteiger partial charge on any atom is -0.395 e. The van der Waals surface area contributed by atoms with Gasteiger partial charge in [0.15, 0.2) is 0 Å². The monoisotopic (exact) mass is 339 g/mol. The van der Waals surface area contributed by atoms with Crippen molar-refractivity contribution in [2.75, 3.05) is 13.2 Å². The van der Waals surface area contributed by atoms with Gasteiger partial charge in [-0.3, -0.25) is 4.90 Å². The Hall–Kier alpha value is -2.44. The molecular formula is C19H25N5O. The standard InChI is InChI=1S/C19H25N5O/c1-15-9-16(2)19(24-6-4-5-21-24)17(10-15)12-23(7-8-25)13-18-11-20-14-22(18)3/h4-6,9-11,14,25H,7-8,12-13H2,1-3H3. The highest BCUT2D eigenvalue weighted by Crippen LogP contribution is 2.23. The molecule has 0 aliphatic carbocycles. The first kappa shape index (κ1) is 17.4. The number of imidazole rings is 1. The number of aliphatic hydroxyl groups excluding tert-OH is 1. The Morgan fingerprint density at radius 2 is 2.04 bits per heavy atom. The second-order valence-corrected chi connectivity index (χ2v) is 6.47. The molecule has 0 atom stereocenters. The summed E-state index contributed by atoms with van der Waals surface area (Å²) < 4.78 is 3.94. The Bertz CT molecular complexity index is 822. The third kappa shape index (κ3) is 3.97. The molecule has 0 saturated heterocycles. The molecule has 3 aromatic rings. The lowest BCUT2D eigenvalue weighted by Gasteiger charge is -2.24. The first-order valence-corrected chi connectivity index (χ1v) is 8.47. The second-order valence-electron chi connectivity index (χ2n) is 6.47. The van der Waals surface area contributed by atoms with E-state index in [0.717, 1.165) is 24.5 Å². The second kappa shape index (κ2) is 7.63. The molecule has 0 amide bonds. The van der Waals surface area contributed by atoms with Gasteiger partial charge >= 0.3 is 0 Å². The van der Waals surface area contributed by atoms with Crippen molar-refractivity contribution in [2.24, 2.45) is 7.05 Å². The number of hydrogen-bond acceptors (Lipinski definition) is 4. The van der Waals surface area contributed by atoms with Gasteiger partial charge in [-0.05, 0) is 31.0 Å². The van der Waals surface area contributed by atoms with Crippen LogP contribution in [0.1, 0.15) is 22.4 Å². The largest absolute Gasteiger partial charge is 0.395 e. The highest BCUT2D eigenvalue weighted by molar-refractivity contribution is 5.49. The molecule has 0 spiro atoms. The molecule has 6 heteroatoms. The molecule has 0 aliphatic heterocycles. The molecule has 1 N–H and O–H groups in total. The van der Waals surface area contributed by atoms with Crippen LogP contribution in [0.4, 0.5) is 0 Å². The van der Waals surface area contributed by atoms with Crippen LogP contribution in [0.15, 0.2) is 43.1 Å². The lowest BCUT2D eigenvalue weighted by Crippen LogP contribution is -2.27. The van der Waals surface area contributed by atoms with E-state index < -0.39 is 0 Å². The van der Waals surface area contributed by atoms with Crippen molar-refractivity contribution in [3.8, 4) is 5.69 Å². The van der Waals surface area contributed by atoms with Gasteiger partial charge in [-0.25, -0.2) is 9.67 Å². The molecule has 0 unspecified atom stereocenters. The average molecular weight is 339 g/mol. The summed E-state index contributed by atoms with van der Waals surface area (Å²) in [7, 11) is 1.99. The lowest BCUT2D eigenvalue weighted by atomic mass is 10.0. The molecule has 0 radical (unpaired) electrons. The predicted octanol–water partition coefficient (Wildman–Crippen LogP) is 2.22. The van der Waals surface area contributed by atoms with Crippen molar-refractivity contribution in [2.45, 2.75) is 26.9 Å². The molecule has 132 valence electrons. The van der Waals surface area contributed by atoms with Crippen LogP contribution in [0.5, 0.6) is 0 Å². The maximum Gasteiger partial charge on any atom is 0.0945 e. The van der Waals surface area contributed by atoms with Gasteiger partial charge in [-0.15, -0.1) is 0 Å². The van der Waals surface area contributed by atoms with Gasteiger partial charge in [0.05, 0.1) is 24.3 Å². The first-order chi connectivity index (χ1) is 12.1. The zero-order valence-electron chi connectivity index (χ0n) is 15.1. The summed E-state index contributed by atoms with van der Waals surface area (Å²) in [6.07, 6.45) is 7.45. The van der Waals surface area contributed by atoms with Gasteiger partial charge in [0.1, 0.15) is 0 Å². The van der Waals surface area contributed by atoms with Crippen LogP contribution in [-0.4, -0.2) is 42.5 Å². The SMILES string of the molecule is Cc1cc(C)c(-n2cccn2)c(CN(CCO)Cc2cncn2C)c1. The van der Waals surface area contributed by atoms with E-state index in [2.05, 4.69) is 41.0 Å². The molecule has 2 aromatic heterocycles. The highest BCUT2D eigenvalue weighted by Gasteiger charge is 2.15. The summed E-state index contributed by atoms with van der Waals surface area (Å²) in [5, 5.41) is 13.9. The van der Waals surface area contributed by atoms with Crippen LogP contribution in [0.3, 0.4) is 0 Å². The average Bonchev–Trinajstić information content (AvgIpc) is 3.20. The number of nitrogens with zero attached hydrogens (tertiary/aromatic N) is 5. The summed E-state index contributed by atoms with van der Waals surface area (Å²) in [4.78, 5) is 6.42. The fourth-order valence-electron chi connectivity index (χ4n) is 3.26. The van der Waals surface area contributed by atoms with Crippen LogP contribution in [0.2, 0.25) is 0 Å². The number of aromatic nitrogens is 4. The number of aliphatic hydroxyl groups is 1. The van der Waals surface area contributed by atoms with Gasteiger partial charge < -0.3 is 9.67 Å². The van der Waals surface area contributed by atoms with E-state index >= 15 is 0 Å². The molecule has 0 aliphatic rings. The van der Waals surface area contributed by atoms with Crippen LogP contribution in [0, 0.1) is 13.8 Å². The van der Waals surface area contributed by atoms with Gasteiger partial charge in [0.25, 0.3) is 0 Å². The van der Waals surface area contributed by atoms with E-state index in [4.69, 9.17) is 0 Å². The Morgan fingerprint density at radius 3 is 2.68 bits per heavy atom. The highest BCUT2D eigenvalue weighted by atomic mass is 16.3. The smallest absolute Gasteiger partial charge is 0.0945 e. The van der Waals surface area contributed by atoms with Crippen molar-refractivity contribution in [3.63, 3.8) is 0 Å². The van der Waals surface area contributed by atoms with Crippen molar-refractivity contribution >= 4 is 0 Å². The van der Waals surface area contributed by atoms with E-state index in [1.165, 1.54) is 16.7 Å². The normalized spacial score (nSPS) is 11.4. The van der Waals surface area contributed by atoms with Crippen molar-refractivity contribution in [1.29, 1.82) is 0 Å². The van der Waals surface area contributed by atoms with E-state index in [-0.39, 0.29) is 6.61 Å². The maximum absolute atomic E-state index is 9.49. The quantitative estimate of drug-likeness (QED) is 0.717. The molecular weight excluding hydrogens is 314 g/mol. The molecule has 0 fully saturated rings. The lowest BCUT2D eigenvalue weighted by molar-refractivity contribution is 0.181. The molecule has 1 aromatic carbocycles. The summed E-state index contributed by atoms with van der Waals surface area (Å²) in [5.74, 6) is 0. The molecule has 3 rings (SSSR count). The van der Waals surface area contributed by atoms with Gasteiger partial charge in [0.2, 0.25) is 0 Å². The van der Waals surface area contributed by atoms with Crippen molar-refractivity contribution < 1.29 is 5.11 Å². The Balaban J connectivity index is 1.92. The van der Waals surface area contributed by atoms with E-state index in [0.29, 0.717) is 6.54 Å². The third-order valence-electron chi connectivity index (χ3n) is 4.37. The minimum absolute atomic E-state index is 0.125. The Labute approximate surface area is 148 Å². The molecule has 0 saturated carbocycles. The first-order valence-electron chi connectivity index (χ1n) is 8.47. The minimum atomic E-state index is 0.125. The topological polar surface area (TPSA) is 59.1 Å². The molecule has 0 bridgehead atoms. The van der Waals surface area contributed by atoms with Crippen LogP contribution in [-0.2, 0) is 20.1 Å². The Kier molecular flexibility index (Phi) is 5.31. The summed E-state index contributed by atoms with van der Waals surface area (Å²) in [6.45, 7) is 6.44. The zero-order chi connectivity index (χ0) is 17.8. The predicted molar refractivity (Wildman–Crippen MR) is 97.4 cm³/mol. The van der Waals surface area contributed by atoms with Crippen LogP contribution < -0.4 is 0 Å². The van der Waals surface area contributed by atoms with E-state index in [1.54, 1.807) is 12.5 Å². The fourth-order valence-corrected chi connectivity index (χ4v) is 3.26. The molecule has 6 nitrogen and oxygen atoms in total. The summed E-state index contributed by atoms with van der Waals surface area (Å²) in [5.41, 5.74) is 5.87. The van der Waals surface area contributed by atoms with Crippen molar-refractivity contribution in [1.82, 2.24) is 24.2 Å². The summed E-state index contributed by atoms with van der Waals surface area (Å²) >= 11 is 0. The number of aryl methyl sites for hydroxylation is 3. The van der Waals surface area contributed by atoms with E-state index in [1.807, 2.05) is 34.8 Å². The van der Waals surface area contributed by atoms with Crippen LogP contribution >= 0.6 is 0 Å². The fraction of sp³-hybridized carbons (Fsp3) is 0.368. The maximum atomic E-state index is 9.49. The number of rotatable bonds is 7. The van der Waals surface area contributed by atoms with E-state index in [9.17, 15) is 5.11 Å². The van der Waals surface area contributed by atoms with Crippen molar-refractivity contribution in [3.05, 3.63) is 65.5 Å². The third-order valence-corrected chi connectivity index (χ3v) is 4.37. The summed E-state index contributed by atoms with van der Waals surface area (Å²) in [6, 6.07) is 6.32.